The lowest BCUT2D eigenvalue weighted by molar-refractivity contribution is 0.103. The average Bonchev–Trinajstić information content (AvgIpc) is 2.70. The second-order valence-electron chi connectivity index (χ2n) is 2.82. The van der Waals surface area contributed by atoms with E-state index in [1.54, 1.807) is 24.5 Å². The number of anilines is 1. The Kier molecular flexibility index (Phi) is 3.13. The Bertz CT molecular complexity index is 470. The summed E-state index contributed by atoms with van der Waals surface area (Å²) >= 11 is 4.70. The lowest BCUT2D eigenvalue weighted by atomic mass is 10.4. The van der Waals surface area contributed by atoms with E-state index in [9.17, 15) is 4.79 Å². The first-order valence-electron chi connectivity index (χ1n) is 4.21. The number of carbonyl (C=O) groups is 1. The number of thiophene rings is 1. The predicted molar refractivity (Wildman–Crippen MR) is 64.2 cm³/mol. The predicted octanol–water partition coefficient (Wildman–Crippen LogP) is 3.16. The summed E-state index contributed by atoms with van der Waals surface area (Å²) in [5, 5.41) is 4.63. The van der Waals surface area contributed by atoms with E-state index in [0.717, 1.165) is 4.47 Å². The SMILES string of the molecule is O=C(Nc1cncc(Br)c1)c1cccs1. The number of rotatable bonds is 2. The van der Waals surface area contributed by atoms with Gasteiger partial charge >= 0.3 is 0 Å². The summed E-state index contributed by atoms with van der Waals surface area (Å²) in [5.41, 5.74) is 0.683. The number of aromatic nitrogens is 1. The van der Waals surface area contributed by atoms with Crippen LogP contribution in [0.4, 0.5) is 5.69 Å². The van der Waals surface area contributed by atoms with Gasteiger partial charge in [-0.1, -0.05) is 6.07 Å². The summed E-state index contributed by atoms with van der Waals surface area (Å²) in [4.78, 5) is 16.3. The summed E-state index contributed by atoms with van der Waals surface area (Å²) in [6.45, 7) is 0. The molecule has 2 rings (SSSR count). The molecule has 3 nitrogen and oxygen atoms in total. The minimum atomic E-state index is -0.107. The maximum atomic E-state index is 11.6. The van der Waals surface area contributed by atoms with Crippen LogP contribution in [0.2, 0.25) is 0 Å². The van der Waals surface area contributed by atoms with E-state index in [2.05, 4.69) is 26.2 Å². The number of amides is 1. The van der Waals surface area contributed by atoms with Crippen LogP contribution in [0.3, 0.4) is 0 Å². The molecular formula is C10H7BrN2OS. The molecule has 0 saturated carbocycles. The largest absolute Gasteiger partial charge is 0.320 e. The van der Waals surface area contributed by atoms with Crippen molar-refractivity contribution >= 4 is 38.9 Å². The van der Waals surface area contributed by atoms with E-state index in [4.69, 9.17) is 0 Å². The minimum absolute atomic E-state index is 0.107. The summed E-state index contributed by atoms with van der Waals surface area (Å²) in [6, 6.07) is 5.43. The van der Waals surface area contributed by atoms with Gasteiger partial charge in [0.2, 0.25) is 0 Å². The quantitative estimate of drug-likeness (QED) is 0.919. The summed E-state index contributed by atoms with van der Waals surface area (Å²) in [6.07, 6.45) is 3.27. The van der Waals surface area contributed by atoms with E-state index in [-0.39, 0.29) is 5.91 Å². The van der Waals surface area contributed by atoms with Crippen molar-refractivity contribution in [1.29, 1.82) is 0 Å². The van der Waals surface area contributed by atoms with Gasteiger partial charge in [-0.3, -0.25) is 9.78 Å². The van der Waals surface area contributed by atoms with Crippen molar-refractivity contribution in [3.05, 3.63) is 45.3 Å². The Morgan fingerprint density at radius 2 is 2.33 bits per heavy atom. The zero-order valence-corrected chi connectivity index (χ0v) is 10.0. The molecule has 0 atom stereocenters. The van der Waals surface area contributed by atoms with Crippen LogP contribution in [0.1, 0.15) is 9.67 Å². The van der Waals surface area contributed by atoms with Crippen LogP contribution >= 0.6 is 27.3 Å². The van der Waals surface area contributed by atoms with E-state index in [1.165, 1.54) is 11.3 Å². The van der Waals surface area contributed by atoms with Gasteiger partial charge in [0.15, 0.2) is 0 Å². The lowest BCUT2D eigenvalue weighted by Gasteiger charge is -2.02. The van der Waals surface area contributed by atoms with Crippen LogP contribution in [0.15, 0.2) is 40.4 Å². The van der Waals surface area contributed by atoms with Crippen LogP contribution < -0.4 is 5.32 Å². The highest BCUT2D eigenvalue weighted by atomic mass is 79.9. The topological polar surface area (TPSA) is 42.0 Å². The van der Waals surface area contributed by atoms with Gasteiger partial charge in [0.05, 0.1) is 16.8 Å². The Morgan fingerprint density at radius 1 is 1.47 bits per heavy atom. The third-order valence-corrected chi connectivity index (χ3v) is 3.01. The van der Waals surface area contributed by atoms with Crippen LogP contribution in [-0.4, -0.2) is 10.9 Å². The van der Waals surface area contributed by atoms with E-state index in [1.807, 2.05) is 11.4 Å². The van der Waals surface area contributed by atoms with Crippen LogP contribution in [0, 0.1) is 0 Å². The van der Waals surface area contributed by atoms with Crippen molar-refractivity contribution in [2.45, 2.75) is 0 Å². The van der Waals surface area contributed by atoms with Gasteiger partial charge in [0, 0.05) is 10.7 Å². The van der Waals surface area contributed by atoms with Crippen molar-refractivity contribution in [2.75, 3.05) is 5.32 Å². The first-order valence-corrected chi connectivity index (χ1v) is 5.88. The summed E-state index contributed by atoms with van der Waals surface area (Å²) < 4.78 is 0.839. The summed E-state index contributed by atoms with van der Waals surface area (Å²) in [5.74, 6) is -0.107. The highest BCUT2D eigenvalue weighted by Gasteiger charge is 2.06. The van der Waals surface area contributed by atoms with Crippen molar-refractivity contribution in [3.63, 3.8) is 0 Å². The highest BCUT2D eigenvalue weighted by molar-refractivity contribution is 9.10. The molecule has 2 aromatic rings. The van der Waals surface area contributed by atoms with Gasteiger partial charge in [0.25, 0.3) is 5.91 Å². The fourth-order valence-corrected chi connectivity index (χ4v) is 2.06. The molecule has 0 aliphatic carbocycles. The fraction of sp³-hybridized carbons (Fsp3) is 0. The first-order chi connectivity index (χ1) is 7.25. The van der Waals surface area contributed by atoms with E-state index < -0.39 is 0 Å². The highest BCUT2D eigenvalue weighted by Crippen LogP contribution is 2.16. The molecule has 0 aliphatic rings. The van der Waals surface area contributed by atoms with E-state index >= 15 is 0 Å². The minimum Gasteiger partial charge on any atom is -0.320 e. The van der Waals surface area contributed by atoms with Gasteiger partial charge in [-0.15, -0.1) is 11.3 Å². The second-order valence-corrected chi connectivity index (χ2v) is 4.69. The van der Waals surface area contributed by atoms with Crippen molar-refractivity contribution in [3.8, 4) is 0 Å². The third kappa shape index (κ3) is 2.64. The van der Waals surface area contributed by atoms with Gasteiger partial charge in [-0.2, -0.15) is 0 Å². The molecule has 0 fully saturated rings. The molecule has 0 aliphatic heterocycles. The molecular weight excluding hydrogens is 276 g/mol. The molecule has 15 heavy (non-hydrogen) atoms. The Labute approximate surface area is 99.3 Å². The fourth-order valence-electron chi connectivity index (χ4n) is 1.08. The number of hydrogen-bond acceptors (Lipinski definition) is 3. The number of hydrogen-bond donors (Lipinski definition) is 1. The molecule has 0 saturated heterocycles. The molecule has 2 heterocycles. The maximum absolute atomic E-state index is 11.6. The molecule has 0 unspecified atom stereocenters. The van der Waals surface area contributed by atoms with Crippen LogP contribution in [0.25, 0.3) is 0 Å². The molecule has 0 aromatic carbocycles. The smallest absolute Gasteiger partial charge is 0.265 e. The van der Waals surface area contributed by atoms with Crippen LogP contribution in [0.5, 0.6) is 0 Å². The van der Waals surface area contributed by atoms with Gasteiger partial charge in [0.1, 0.15) is 0 Å². The number of nitrogens with zero attached hydrogens (tertiary/aromatic N) is 1. The molecule has 5 heteroatoms. The van der Waals surface area contributed by atoms with Crippen LogP contribution in [-0.2, 0) is 0 Å². The van der Waals surface area contributed by atoms with Crippen molar-refractivity contribution < 1.29 is 4.79 Å². The van der Waals surface area contributed by atoms with Crippen molar-refractivity contribution in [1.82, 2.24) is 4.98 Å². The maximum Gasteiger partial charge on any atom is 0.265 e. The Morgan fingerprint density at radius 3 is 3.00 bits per heavy atom. The molecule has 2 aromatic heterocycles. The lowest BCUT2D eigenvalue weighted by Crippen LogP contribution is -2.10. The molecule has 1 N–H and O–H groups in total. The third-order valence-electron chi connectivity index (χ3n) is 1.71. The number of carbonyl (C=O) groups excluding carboxylic acids is 1. The molecule has 76 valence electrons. The number of halogens is 1. The first kappa shape index (κ1) is 10.3. The Balaban J connectivity index is 2.13. The summed E-state index contributed by atoms with van der Waals surface area (Å²) in [7, 11) is 0. The monoisotopic (exact) mass is 282 g/mol. The standard InChI is InChI=1S/C10H7BrN2OS/c11-7-4-8(6-12-5-7)13-10(14)9-2-1-3-15-9/h1-6H,(H,13,14). The zero-order chi connectivity index (χ0) is 10.7. The van der Waals surface area contributed by atoms with Gasteiger partial charge in [-0.25, -0.2) is 0 Å². The average molecular weight is 283 g/mol. The number of nitrogens with one attached hydrogen (secondary N) is 1. The molecule has 0 spiro atoms. The Hall–Kier alpha value is -1.20. The second kappa shape index (κ2) is 4.55. The van der Waals surface area contributed by atoms with Crippen molar-refractivity contribution in [2.24, 2.45) is 0 Å². The van der Waals surface area contributed by atoms with E-state index in [0.29, 0.717) is 10.6 Å². The molecule has 0 bridgehead atoms. The molecule has 0 radical (unpaired) electrons. The normalized spacial score (nSPS) is 9.93. The van der Waals surface area contributed by atoms with Gasteiger partial charge < -0.3 is 5.32 Å². The number of pyridine rings is 1. The molecule has 1 amide bonds. The van der Waals surface area contributed by atoms with Gasteiger partial charge in [-0.05, 0) is 33.4 Å². The zero-order valence-electron chi connectivity index (χ0n) is 7.61.